The van der Waals surface area contributed by atoms with E-state index in [1.165, 1.54) is 0 Å². The molecule has 5 rings (SSSR count). The van der Waals surface area contributed by atoms with Crippen LogP contribution in [0, 0.1) is 0 Å². The lowest BCUT2D eigenvalue weighted by molar-refractivity contribution is 0.00578. The van der Waals surface area contributed by atoms with E-state index in [1.807, 2.05) is 36.4 Å². The Kier molecular flexibility index (Phi) is 5.55. The summed E-state index contributed by atoms with van der Waals surface area (Å²) in [6.07, 6.45) is 7.43. The third kappa shape index (κ3) is 4.31. The topological polar surface area (TPSA) is 44.2 Å². The highest BCUT2D eigenvalue weighted by Crippen LogP contribution is 2.40. The zero-order chi connectivity index (χ0) is 23.1. The van der Waals surface area contributed by atoms with Crippen LogP contribution in [-0.2, 0) is 9.31 Å². The van der Waals surface area contributed by atoms with Gasteiger partial charge in [-0.05, 0) is 45.7 Å². The molecule has 5 heteroatoms. The van der Waals surface area contributed by atoms with Crippen LogP contribution in [-0.4, -0.2) is 28.3 Å². The van der Waals surface area contributed by atoms with Crippen molar-refractivity contribution in [1.82, 2.24) is 9.97 Å². The molecule has 2 aromatic carbocycles. The molecule has 0 saturated carbocycles. The maximum atomic E-state index is 6.30. The van der Waals surface area contributed by atoms with Crippen LogP contribution in [0.15, 0.2) is 90.4 Å². The van der Waals surface area contributed by atoms with Gasteiger partial charge in [-0.3, -0.25) is 0 Å². The van der Waals surface area contributed by atoms with E-state index in [2.05, 4.69) is 76.3 Å². The number of rotatable bonds is 4. The summed E-state index contributed by atoms with van der Waals surface area (Å²) in [4.78, 5) is 9.90. The first-order valence-electron chi connectivity index (χ1n) is 11.6. The van der Waals surface area contributed by atoms with Crippen LogP contribution >= 0.6 is 0 Å². The third-order valence-electron chi connectivity index (χ3n) is 6.85. The van der Waals surface area contributed by atoms with Crippen molar-refractivity contribution in [3.8, 4) is 22.6 Å². The fourth-order valence-electron chi connectivity index (χ4n) is 4.18. The quantitative estimate of drug-likeness (QED) is 0.443. The normalized spacial score (nSPS) is 21.2. The molecule has 1 fully saturated rings. The average molecular weight is 436 g/mol. The number of hydrogen-bond donors (Lipinski definition) is 0. The first-order valence-corrected chi connectivity index (χ1v) is 11.6. The lowest BCUT2D eigenvalue weighted by Gasteiger charge is -2.32. The second-order valence-electron chi connectivity index (χ2n) is 9.73. The minimum atomic E-state index is -0.377. The zero-order valence-corrected chi connectivity index (χ0v) is 19.7. The van der Waals surface area contributed by atoms with Gasteiger partial charge < -0.3 is 9.31 Å². The van der Waals surface area contributed by atoms with Crippen molar-refractivity contribution in [2.24, 2.45) is 0 Å². The Bertz CT molecular complexity index is 1130. The fraction of sp³-hybridized carbons (Fsp3) is 0.286. The zero-order valence-electron chi connectivity index (χ0n) is 19.7. The molecular formula is C28H29BN2O2. The lowest BCUT2D eigenvalue weighted by atomic mass is 9.73. The summed E-state index contributed by atoms with van der Waals surface area (Å²) in [7, 11) is -0.377. The molecule has 33 heavy (non-hydrogen) atoms. The maximum absolute atomic E-state index is 6.30. The number of aromatic nitrogens is 2. The molecule has 1 aliphatic carbocycles. The van der Waals surface area contributed by atoms with Crippen molar-refractivity contribution in [2.75, 3.05) is 0 Å². The summed E-state index contributed by atoms with van der Waals surface area (Å²) in [5.41, 5.74) is 4.34. The average Bonchev–Trinajstić information content (AvgIpc) is 3.07. The summed E-state index contributed by atoms with van der Waals surface area (Å²) in [5, 5.41) is 0. The van der Waals surface area contributed by atoms with Crippen LogP contribution < -0.4 is 0 Å². The minimum absolute atomic E-state index is 0.122. The summed E-state index contributed by atoms with van der Waals surface area (Å²) in [6.45, 7) is 8.33. The highest BCUT2D eigenvalue weighted by atomic mass is 16.7. The van der Waals surface area contributed by atoms with Crippen molar-refractivity contribution in [2.45, 2.75) is 51.2 Å². The van der Waals surface area contributed by atoms with Gasteiger partial charge in [-0.2, -0.15) is 0 Å². The van der Waals surface area contributed by atoms with E-state index in [9.17, 15) is 0 Å². The Morgan fingerprint density at radius 1 is 0.818 bits per heavy atom. The van der Waals surface area contributed by atoms with Crippen molar-refractivity contribution >= 4 is 7.12 Å². The van der Waals surface area contributed by atoms with Gasteiger partial charge in [0.25, 0.3) is 0 Å². The number of hydrogen-bond acceptors (Lipinski definition) is 4. The molecule has 0 radical (unpaired) electrons. The standard InChI is InChI=1S/C28H29BN2O2/c1-27(2)28(3,4)33-29(32-27)23-17-11-16-22(18-23)25-19-24(20-12-7-5-8-13-20)30-26(31-25)21-14-9-6-10-15-21/h5-15,17-19,22H,16H2,1-4H3. The first kappa shape index (κ1) is 21.8. The van der Waals surface area contributed by atoms with E-state index in [-0.39, 0.29) is 24.2 Å². The molecule has 2 aliphatic rings. The summed E-state index contributed by atoms with van der Waals surface area (Å²) >= 11 is 0. The van der Waals surface area contributed by atoms with E-state index in [1.54, 1.807) is 0 Å². The van der Waals surface area contributed by atoms with Gasteiger partial charge in [-0.25, -0.2) is 9.97 Å². The van der Waals surface area contributed by atoms with Gasteiger partial charge in [-0.1, -0.05) is 78.9 Å². The summed E-state index contributed by atoms with van der Waals surface area (Å²) in [5.74, 6) is 0.865. The fourth-order valence-corrected chi connectivity index (χ4v) is 4.18. The predicted octanol–water partition coefficient (Wildman–Crippen LogP) is 6.41. The van der Waals surface area contributed by atoms with Gasteiger partial charge in [0.2, 0.25) is 0 Å². The number of benzene rings is 2. The number of allylic oxidation sites excluding steroid dienone is 4. The highest BCUT2D eigenvalue weighted by Gasteiger charge is 2.52. The Balaban J connectivity index is 1.54. The Labute approximate surface area is 196 Å². The molecule has 4 nitrogen and oxygen atoms in total. The van der Waals surface area contributed by atoms with Crippen LogP contribution in [0.3, 0.4) is 0 Å². The highest BCUT2D eigenvalue weighted by molar-refractivity contribution is 6.55. The lowest BCUT2D eigenvalue weighted by Crippen LogP contribution is -2.41. The summed E-state index contributed by atoms with van der Waals surface area (Å²) in [6, 6.07) is 22.6. The van der Waals surface area contributed by atoms with Crippen molar-refractivity contribution in [3.63, 3.8) is 0 Å². The van der Waals surface area contributed by atoms with Crippen molar-refractivity contribution in [3.05, 3.63) is 96.1 Å². The Morgan fingerprint density at radius 2 is 1.42 bits per heavy atom. The predicted molar refractivity (Wildman–Crippen MR) is 134 cm³/mol. The second-order valence-corrected chi connectivity index (χ2v) is 9.73. The van der Waals surface area contributed by atoms with E-state index in [4.69, 9.17) is 19.3 Å². The number of nitrogens with zero attached hydrogens (tertiary/aromatic N) is 2. The molecule has 1 aromatic heterocycles. The molecule has 0 bridgehead atoms. The molecule has 2 heterocycles. The van der Waals surface area contributed by atoms with Crippen LogP contribution in [0.25, 0.3) is 22.6 Å². The first-order chi connectivity index (χ1) is 15.8. The van der Waals surface area contributed by atoms with Crippen LogP contribution in [0.1, 0.15) is 45.7 Å². The van der Waals surface area contributed by atoms with Crippen LogP contribution in [0.2, 0.25) is 0 Å². The van der Waals surface area contributed by atoms with Gasteiger partial charge in [0.05, 0.1) is 22.6 Å². The van der Waals surface area contributed by atoms with Crippen molar-refractivity contribution in [1.29, 1.82) is 0 Å². The van der Waals surface area contributed by atoms with Gasteiger partial charge >= 0.3 is 7.12 Å². The van der Waals surface area contributed by atoms with E-state index in [0.29, 0.717) is 0 Å². The minimum Gasteiger partial charge on any atom is -0.399 e. The summed E-state index contributed by atoms with van der Waals surface area (Å²) < 4.78 is 12.6. The van der Waals surface area contributed by atoms with Gasteiger partial charge in [0.15, 0.2) is 5.82 Å². The molecule has 1 unspecified atom stereocenters. The van der Waals surface area contributed by atoms with Gasteiger partial charge in [0, 0.05) is 17.0 Å². The van der Waals surface area contributed by atoms with Crippen LogP contribution in [0.5, 0.6) is 0 Å². The van der Waals surface area contributed by atoms with E-state index in [0.717, 1.165) is 40.2 Å². The van der Waals surface area contributed by atoms with E-state index < -0.39 is 0 Å². The molecule has 0 N–H and O–H groups in total. The molecular weight excluding hydrogens is 407 g/mol. The molecule has 1 saturated heterocycles. The van der Waals surface area contributed by atoms with Gasteiger partial charge in [-0.15, -0.1) is 0 Å². The second kappa shape index (κ2) is 8.40. The van der Waals surface area contributed by atoms with Crippen molar-refractivity contribution < 1.29 is 9.31 Å². The Morgan fingerprint density at radius 3 is 2.06 bits per heavy atom. The van der Waals surface area contributed by atoms with Crippen LogP contribution in [0.4, 0.5) is 0 Å². The Hall–Kier alpha value is -3.02. The smallest absolute Gasteiger partial charge is 0.399 e. The molecule has 3 aromatic rings. The largest absolute Gasteiger partial charge is 0.494 e. The van der Waals surface area contributed by atoms with E-state index >= 15 is 0 Å². The molecule has 1 atom stereocenters. The third-order valence-corrected chi connectivity index (χ3v) is 6.85. The molecule has 0 spiro atoms. The maximum Gasteiger partial charge on any atom is 0.494 e. The van der Waals surface area contributed by atoms with Gasteiger partial charge in [0.1, 0.15) is 0 Å². The molecule has 1 aliphatic heterocycles. The molecule has 166 valence electrons. The monoisotopic (exact) mass is 436 g/mol. The molecule has 0 amide bonds. The SMILES string of the molecule is CC1(C)OB(C2=CC(c3cc(-c4ccccc4)nc(-c4ccccc4)n3)CC=C2)OC1(C)C.